The molecule has 0 aromatic rings. The van der Waals surface area contributed by atoms with Gasteiger partial charge in [0.15, 0.2) is 0 Å². The zero-order chi connectivity index (χ0) is 13.6. The zero-order valence-corrected chi connectivity index (χ0v) is 13.3. The number of rotatable bonds is 8. The molecule has 0 aliphatic carbocycles. The van der Waals surface area contributed by atoms with Crippen molar-refractivity contribution < 1.29 is 0 Å². The van der Waals surface area contributed by atoms with E-state index in [1.54, 1.807) is 0 Å². The average Bonchev–Trinajstić information content (AvgIpc) is 2.81. The van der Waals surface area contributed by atoms with Crippen LogP contribution in [0, 0.1) is 11.8 Å². The minimum Gasteiger partial charge on any atom is -0.316 e. The van der Waals surface area contributed by atoms with E-state index in [4.69, 9.17) is 0 Å². The quantitative estimate of drug-likeness (QED) is 0.713. The highest BCUT2D eigenvalue weighted by Gasteiger charge is 2.36. The minimum absolute atomic E-state index is 0.479. The van der Waals surface area contributed by atoms with Gasteiger partial charge in [0.2, 0.25) is 0 Å². The van der Waals surface area contributed by atoms with Crippen molar-refractivity contribution >= 4 is 0 Å². The van der Waals surface area contributed by atoms with E-state index in [0.29, 0.717) is 5.54 Å². The van der Waals surface area contributed by atoms with Crippen molar-refractivity contribution in [1.29, 1.82) is 0 Å². The molecule has 1 unspecified atom stereocenters. The molecule has 0 bridgehead atoms. The van der Waals surface area contributed by atoms with Crippen LogP contribution in [-0.4, -0.2) is 36.6 Å². The summed E-state index contributed by atoms with van der Waals surface area (Å²) in [4.78, 5) is 2.77. The molecule has 0 radical (unpaired) electrons. The highest BCUT2D eigenvalue weighted by Crippen LogP contribution is 2.32. The fourth-order valence-corrected chi connectivity index (χ4v) is 3.43. The lowest BCUT2D eigenvalue weighted by Crippen LogP contribution is -2.46. The van der Waals surface area contributed by atoms with Crippen molar-refractivity contribution in [1.82, 2.24) is 10.2 Å². The van der Waals surface area contributed by atoms with Gasteiger partial charge < -0.3 is 5.32 Å². The van der Waals surface area contributed by atoms with Crippen LogP contribution >= 0.6 is 0 Å². The van der Waals surface area contributed by atoms with Crippen molar-refractivity contribution in [2.24, 2.45) is 11.8 Å². The number of hydrogen-bond acceptors (Lipinski definition) is 2. The molecule has 0 aromatic carbocycles. The summed E-state index contributed by atoms with van der Waals surface area (Å²) < 4.78 is 0. The molecule has 108 valence electrons. The number of nitrogens with one attached hydrogen (secondary N) is 1. The van der Waals surface area contributed by atoms with E-state index in [0.717, 1.165) is 18.4 Å². The molecule has 1 atom stereocenters. The van der Waals surface area contributed by atoms with Gasteiger partial charge in [0.05, 0.1) is 0 Å². The van der Waals surface area contributed by atoms with Gasteiger partial charge in [0.1, 0.15) is 0 Å². The molecule has 1 rings (SSSR count). The van der Waals surface area contributed by atoms with Crippen LogP contribution in [-0.2, 0) is 0 Å². The Morgan fingerprint density at radius 1 is 1.17 bits per heavy atom. The van der Waals surface area contributed by atoms with Gasteiger partial charge in [-0.1, -0.05) is 34.6 Å². The summed E-state index contributed by atoms with van der Waals surface area (Å²) in [6.07, 6.45) is 5.28. The van der Waals surface area contributed by atoms with Gasteiger partial charge in [-0.2, -0.15) is 0 Å². The van der Waals surface area contributed by atoms with E-state index >= 15 is 0 Å². The summed E-state index contributed by atoms with van der Waals surface area (Å²) in [6.45, 7) is 16.6. The molecule has 1 saturated heterocycles. The van der Waals surface area contributed by atoms with Gasteiger partial charge in [0.25, 0.3) is 0 Å². The maximum atomic E-state index is 3.63. The Morgan fingerprint density at radius 3 is 2.28 bits per heavy atom. The fraction of sp³-hybridized carbons (Fsp3) is 1.00. The lowest BCUT2D eigenvalue weighted by molar-refractivity contribution is 0.0963. The molecular formula is C16H34N2. The average molecular weight is 254 g/mol. The Kier molecular flexibility index (Phi) is 6.65. The first-order chi connectivity index (χ1) is 8.57. The maximum absolute atomic E-state index is 3.63. The molecule has 0 saturated carbocycles. The van der Waals surface area contributed by atoms with Crippen molar-refractivity contribution in [2.45, 2.75) is 65.8 Å². The number of nitrogens with zero attached hydrogens (tertiary/aromatic N) is 1. The van der Waals surface area contributed by atoms with Gasteiger partial charge >= 0.3 is 0 Å². The Bertz CT molecular complexity index is 213. The third-order valence-electron chi connectivity index (χ3n) is 4.92. The predicted molar refractivity (Wildman–Crippen MR) is 81.0 cm³/mol. The Morgan fingerprint density at radius 2 is 1.78 bits per heavy atom. The molecular weight excluding hydrogens is 220 g/mol. The fourth-order valence-electron chi connectivity index (χ4n) is 3.43. The first-order valence-electron chi connectivity index (χ1n) is 8.03. The Labute approximate surface area is 115 Å². The normalized spacial score (nSPS) is 22.0. The van der Waals surface area contributed by atoms with Crippen LogP contribution in [0.1, 0.15) is 60.3 Å². The van der Waals surface area contributed by atoms with Crippen molar-refractivity contribution in [3.63, 3.8) is 0 Å². The highest BCUT2D eigenvalue weighted by molar-refractivity contribution is 4.92. The SMILES string of the molecule is CCC(CC)(CC)N1CCC(CNCC(C)C)C1. The predicted octanol–water partition coefficient (Wildman–Crippen LogP) is 3.52. The van der Waals surface area contributed by atoms with Gasteiger partial charge in [-0.15, -0.1) is 0 Å². The minimum atomic E-state index is 0.479. The van der Waals surface area contributed by atoms with Crippen LogP contribution in [0.15, 0.2) is 0 Å². The standard InChI is InChI=1S/C16H34N2/c1-6-16(7-2,8-3)18-10-9-15(13-18)12-17-11-14(4)5/h14-15,17H,6-13H2,1-5H3. The number of likely N-dealkylation sites (tertiary alicyclic amines) is 1. The van der Waals surface area contributed by atoms with Crippen LogP contribution in [0.25, 0.3) is 0 Å². The molecule has 1 aliphatic rings. The van der Waals surface area contributed by atoms with E-state index in [-0.39, 0.29) is 0 Å². The van der Waals surface area contributed by atoms with E-state index in [9.17, 15) is 0 Å². The summed E-state index contributed by atoms with van der Waals surface area (Å²) in [7, 11) is 0. The van der Waals surface area contributed by atoms with E-state index in [1.807, 2.05) is 0 Å². The van der Waals surface area contributed by atoms with Crippen molar-refractivity contribution in [3.05, 3.63) is 0 Å². The molecule has 2 heteroatoms. The molecule has 18 heavy (non-hydrogen) atoms. The third kappa shape index (κ3) is 3.96. The summed E-state index contributed by atoms with van der Waals surface area (Å²) in [5.74, 6) is 1.64. The first-order valence-corrected chi connectivity index (χ1v) is 8.03. The smallest absolute Gasteiger partial charge is 0.0201 e. The molecule has 0 amide bonds. The first kappa shape index (κ1) is 16.0. The van der Waals surface area contributed by atoms with Crippen LogP contribution in [0.2, 0.25) is 0 Å². The monoisotopic (exact) mass is 254 g/mol. The van der Waals surface area contributed by atoms with Crippen LogP contribution in [0.4, 0.5) is 0 Å². The lowest BCUT2D eigenvalue weighted by atomic mass is 9.88. The summed E-state index contributed by atoms with van der Waals surface area (Å²) in [5.41, 5.74) is 0.479. The van der Waals surface area contributed by atoms with Crippen LogP contribution < -0.4 is 5.32 Å². The molecule has 2 nitrogen and oxygen atoms in total. The molecule has 0 spiro atoms. The summed E-state index contributed by atoms with van der Waals surface area (Å²) in [5, 5.41) is 3.63. The number of hydrogen-bond donors (Lipinski definition) is 1. The second kappa shape index (κ2) is 7.49. The van der Waals surface area contributed by atoms with Gasteiger partial charge in [-0.25, -0.2) is 0 Å². The Hall–Kier alpha value is -0.0800. The van der Waals surface area contributed by atoms with Crippen molar-refractivity contribution in [2.75, 3.05) is 26.2 Å². The third-order valence-corrected chi connectivity index (χ3v) is 4.92. The van der Waals surface area contributed by atoms with E-state index in [1.165, 1.54) is 45.3 Å². The Balaban J connectivity index is 2.40. The van der Waals surface area contributed by atoms with Gasteiger partial charge in [0, 0.05) is 12.1 Å². The summed E-state index contributed by atoms with van der Waals surface area (Å²) in [6, 6.07) is 0. The topological polar surface area (TPSA) is 15.3 Å². The molecule has 1 fully saturated rings. The van der Waals surface area contributed by atoms with Crippen LogP contribution in [0.5, 0.6) is 0 Å². The molecule has 1 aliphatic heterocycles. The highest BCUT2D eigenvalue weighted by atomic mass is 15.2. The zero-order valence-electron chi connectivity index (χ0n) is 13.3. The lowest BCUT2D eigenvalue weighted by Gasteiger charge is -2.40. The van der Waals surface area contributed by atoms with Crippen molar-refractivity contribution in [3.8, 4) is 0 Å². The van der Waals surface area contributed by atoms with Crippen LogP contribution in [0.3, 0.4) is 0 Å². The second-order valence-corrected chi connectivity index (χ2v) is 6.44. The van der Waals surface area contributed by atoms with E-state index in [2.05, 4.69) is 44.8 Å². The molecule has 1 N–H and O–H groups in total. The largest absolute Gasteiger partial charge is 0.316 e. The molecule has 1 heterocycles. The van der Waals surface area contributed by atoms with Gasteiger partial charge in [-0.3, -0.25) is 4.90 Å². The second-order valence-electron chi connectivity index (χ2n) is 6.44. The van der Waals surface area contributed by atoms with Gasteiger partial charge in [-0.05, 0) is 57.2 Å². The molecule has 0 aromatic heterocycles. The summed E-state index contributed by atoms with van der Waals surface area (Å²) >= 11 is 0. The maximum Gasteiger partial charge on any atom is 0.0201 e. The van der Waals surface area contributed by atoms with E-state index < -0.39 is 0 Å².